The molecule has 0 N–H and O–H groups in total. The molecule has 1 saturated carbocycles. The second-order valence-corrected chi connectivity index (χ2v) is 15.1. The second-order valence-electron chi connectivity index (χ2n) is 14.2. The van der Waals surface area contributed by atoms with Crippen molar-refractivity contribution in [3.05, 3.63) is 117 Å². The summed E-state index contributed by atoms with van der Waals surface area (Å²) in [6.45, 7) is 2.42. The van der Waals surface area contributed by atoms with E-state index in [1.807, 2.05) is 76.5 Å². The van der Waals surface area contributed by atoms with Crippen LogP contribution in [0.1, 0.15) is 80.4 Å². The maximum Gasteiger partial charge on any atom is 0.310 e. The molecule has 2 fully saturated rings. The summed E-state index contributed by atoms with van der Waals surface area (Å²) < 4.78 is 12.5. The molecule has 3 aliphatic heterocycles. The summed E-state index contributed by atoms with van der Waals surface area (Å²) in [5.41, 5.74) is 6.20. The molecule has 4 heterocycles. The Hall–Kier alpha value is -5.03. The molecule has 1 unspecified atom stereocenters. The van der Waals surface area contributed by atoms with Crippen molar-refractivity contribution in [1.82, 2.24) is 19.7 Å². The summed E-state index contributed by atoms with van der Waals surface area (Å²) in [4.78, 5) is 65.5. The molecule has 4 atom stereocenters. The predicted octanol–water partition coefficient (Wildman–Crippen LogP) is 6.07. The lowest BCUT2D eigenvalue weighted by molar-refractivity contribution is -0.159. The van der Waals surface area contributed by atoms with Gasteiger partial charge in [0.2, 0.25) is 5.91 Å². The zero-order chi connectivity index (χ0) is 35.6. The number of rotatable bonds is 9. The molecule has 10 nitrogen and oxygen atoms in total. The largest absolute Gasteiger partial charge is 0.488 e. The van der Waals surface area contributed by atoms with E-state index in [-0.39, 0.29) is 36.4 Å². The Morgan fingerprint density at radius 3 is 2.46 bits per heavy atom. The minimum absolute atomic E-state index is 0.0465. The first-order chi connectivity index (χ1) is 25.4. The van der Waals surface area contributed by atoms with Crippen LogP contribution < -0.4 is 4.74 Å². The van der Waals surface area contributed by atoms with Crippen LogP contribution in [0, 0.1) is 11.8 Å². The Kier molecular flexibility index (Phi) is 9.77. The molecular formula is C41H42N4O6S. The third kappa shape index (κ3) is 6.81. The molecule has 268 valence electrons. The standard InChI is InChI=1S/C41H42N4O6S/c46-38-31-13-5-4-11-29(31)22-44(38)24-34-37-28(12-8-16-35(37)51-30-18-19-43(23-30)40(48)36-21-42-26-52-36)17-20-45(34)39(47)32-14-6-7-15-33(32)41(49)50-25-27-9-2-1-3-10-27/h1-5,8-13,16,21,26,30,32-34H,6-7,14-15,17-20,22-25H2/t30-,32+,33?,34+/m0/s1. The predicted molar refractivity (Wildman–Crippen MR) is 195 cm³/mol. The van der Waals surface area contributed by atoms with E-state index in [1.54, 1.807) is 16.6 Å². The highest BCUT2D eigenvalue weighted by Gasteiger charge is 2.44. The molecule has 11 heteroatoms. The van der Waals surface area contributed by atoms with Crippen LogP contribution in [-0.2, 0) is 33.9 Å². The van der Waals surface area contributed by atoms with Crippen molar-refractivity contribution < 1.29 is 28.7 Å². The average molecular weight is 719 g/mol. The summed E-state index contributed by atoms with van der Waals surface area (Å²) in [6, 6.07) is 22.8. The van der Waals surface area contributed by atoms with Gasteiger partial charge >= 0.3 is 5.97 Å². The third-order valence-corrected chi connectivity index (χ3v) is 11.8. The Morgan fingerprint density at radius 2 is 1.65 bits per heavy atom. The fourth-order valence-electron chi connectivity index (χ4n) is 8.39. The molecule has 0 bridgehead atoms. The molecule has 1 aliphatic carbocycles. The molecule has 0 spiro atoms. The van der Waals surface area contributed by atoms with Gasteiger partial charge in [0.15, 0.2) is 0 Å². The first-order valence-electron chi connectivity index (χ1n) is 18.3. The van der Waals surface area contributed by atoms with E-state index in [4.69, 9.17) is 9.47 Å². The number of carbonyl (C=O) groups is 4. The maximum atomic E-state index is 14.8. The number of fused-ring (bicyclic) bond motifs is 2. The SMILES string of the molecule is O=C(OCc1ccccc1)C1CCCC[C@H]1C(=O)N1CCc2cccc(O[C@H]3CCN(C(=O)c4cncs4)C3)c2[C@H]1CN1Cc2ccccc2C1=O. The van der Waals surface area contributed by atoms with Crippen molar-refractivity contribution in [3.8, 4) is 5.75 Å². The van der Waals surface area contributed by atoms with Gasteiger partial charge in [-0.15, -0.1) is 11.3 Å². The quantitative estimate of drug-likeness (QED) is 0.194. The first-order valence-corrected chi connectivity index (χ1v) is 19.2. The molecule has 3 amide bonds. The van der Waals surface area contributed by atoms with Gasteiger partial charge in [0, 0.05) is 43.7 Å². The number of hydrogen-bond donors (Lipinski definition) is 0. The lowest BCUT2D eigenvalue weighted by atomic mass is 9.77. The van der Waals surface area contributed by atoms with Gasteiger partial charge in [-0.2, -0.15) is 0 Å². The van der Waals surface area contributed by atoms with E-state index >= 15 is 0 Å². The fraction of sp³-hybridized carbons (Fsp3) is 0.390. The molecule has 4 aliphatic rings. The van der Waals surface area contributed by atoms with Gasteiger partial charge in [-0.3, -0.25) is 24.2 Å². The summed E-state index contributed by atoms with van der Waals surface area (Å²) in [7, 11) is 0. The molecule has 1 saturated heterocycles. The lowest BCUT2D eigenvalue weighted by Crippen LogP contribution is -2.50. The fourth-order valence-corrected chi connectivity index (χ4v) is 8.98. The summed E-state index contributed by atoms with van der Waals surface area (Å²) in [6.07, 6.45) is 5.61. The Labute approximate surface area is 307 Å². The number of aromatic nitrogens is 1. The first kappa shape index (κ1) is 34.1. The molecule has 4 aromatic rings. The van der Waals surface area contributed by atoms with Gasteiger partial charge in [-0.05, 0) is 48.1 Å². The van der Waals surface area contributed by atoms with Gasteiger partial charge < -0.3 is 24.2 Å². The van der Waals surface area contributed by atoms with Gasteiger partial charge in [0.25, 0.3) is 11.8 Å². The highest BCUT2D eigenvalue weighted by molar-refractivity contribution is 7.11. The Morgan fingerprint density at radius 1 is 0.865 bits per heavy atom. The Balaban J connectivity index is 1.07. The van der Waals surface area contributed by atoms with Crippen molar-refractivity contribution in [2.45, 2.75) is 63.8 Å². The lowest BCUT2D eigenvalue weighted by Gasteiger charge is -2.43. The Bertz CT molecular complexity index is 1950. The number of nitrogens with zero attached hydrogens (tertiary/aromatic N) is 4. The van der Waals surface area contributed by atoms with E-state index in [0.717, 1.165) is 35.1 Å². The third-order valence-electron chi connectivity index (χ3n) is 11.0. The molecule has 1 aromatic heterocycles. The highest BCUT2D eigenvalue weighted by Crippen LogP contribution is 2.42. The molecule has 3 aromatic carbocycles. The van der Waals surface area contributed by atoms with Crippen LogP contribution >= 0.6 is 11.3 Å². The van der Waals surface area contributed by atoms with Crippen LogP contribution in [0.15, 0.2) is 84.5 Å². The van der Waals surface area contributed by atoms with Crippen molar-refractivity contribution in [1.29, 1.82) is 0 Å². The summed E-state index contributed by atoms with van der Waals surface area (Å²) in [5.74, 6) is -0.875. The number of esters is 1. The molecule has 52 heavy (non-hydrogen) atoms. The average Bonchev–Trinajstić information content (AvgIpc) is 3.96. The van der Waals surface area contributed by atoms with Crippen molar-refractivity contribution in [3.63, 3.8) is 0 Å². The van der Waals surface area contributed by atoms with Crippen LogP contribution in [0.3, 0.4) is 0 Å². The number of ether oxygens (including phenoxy) is 2. The van der Waals surface area contributed by atoms with Crippen LogP contribution in [0.4, 0.5) is 0 Å². The molecule has 8 rings (SSSR count). The van der Waals surface area contributed by atoms with Crippen molar-refractivity contribution in [2.75, 3.05) is 26.2 Å². The van der Waals surface area contributed by atoms with Crippen molar-refractivity contribution >= 4 is 35.0 Å². The van der Waals surface area contributed by atoms with E-state index in [0.29, 0.717) is 74.6 Å². The number of hydrogen-bond acceptors (Lipinski definition) is 8. The minimum Gasteiger partial charge on any atom is -0.488 e. The van der Waals surface area contributed by atoms with E-state index in [1.165, 1.54) is 11.3 Å². The van der Waals surface area contributed by atoms with Crippen LogP contribution in [0.2, 0.25) is 0 Å². The molecule has 0 radical (unpaired) electrons. The zero-order valence-electron chi connectivity index (χ0n) is 29.0. The topological polar surface area (TPSA) is 109 Å². The van der Waals surface area contributed by atoms with E-state index < -0.39 is 17.9 Å². The number of likely N-dealkylation sites (tertiary alicyclic amines) is 1. The zero-order valence-corrected chi connectivity index (χ0v) is 29.8. The van der Waals surface area contributed by atoms with Gasteiger partial charge in [0.05, 0.1) is 36.1 Å². The number of benzene rings is 3. The van der Waals surface area contributed by atoms with Gasteiger partial charge in [0.1, 0.15) is 23.3 Å². The van der Waals surface area contributed by atoms with E-state index in [2.05, 4.69) is 11.1 Å². The number of carbonyl (C=O) groups excluding carboxylic acids is 4. The molecular weight excluding hydrogens is 677 g/mol. The summed E-state index contributed by atoms with van der Waals surface area (Å²) in [5, 5.41) is 0. The van der Waals surface area contributed by atoms with Crippen molar-refractivity contribution in [2.24, 2.45) is 11.8 Å². The maximum absolute atomic E-state index is 14.8. The van der Waals surface area contributed by atoms with E-state index in [9.17, 15) is 19.2 Å². The number of amides is 3. The second kappa shape index (κ2) is 14.9. The van der Waals surface area contributed by atoms with Crippen LogP contribution in [0.25, 0.3) is 0 Å². The monoisotopic (exact) mass is 718 g/mol. The highest BCUT2D eigenvalue weighted by atomic mass is 32.1. The number of thiazole rings is 1. The van der Waals surface area contributed by atoms with Gasteiger partial charge in [-0.1, -0.05) is 73.5 Å². The van der Waals surface area contributed by atoms with Crippen LogP contribution in [-0.4, -0.2) is 75.7 Å². The normalized spacial score (nSPS) is 22.5. The smallest absolute Gasteiger partial charge is 0.310 e. The van der Waals surface area contributed by atoms with Crippen LogP contribution in [0.5, 0.6) is 5.75 Å². The van der Waals surface area contributed by atoms with Gasteiger partial charge in [-0.25, -0.2) is 0 Å². The summed E-state index contributed by atoms with van der Waals surface area (Å²) >= 11 is 1.33. The minimum atomic E-state index is -0.531.